The van der Waals surface area contributed by atoms with Gasteiger partial charge in [-0.25, -0.2) is 0 Å². The highest BCUT2D eigenvalue weighted by Crippen LogP contribution is 2.45. The molecule has 0 saturated heterocycles. The summed E-state index contributed by atoms with van der Waals surface area (Å²) in [5.74, 6) is 0.0511. The summed E-state index contributed by atoms with van der Waals surface area (Å²) in [6, 6.07) is 9.29. The van der Waals surface area contributed by atoms with Crippen LogP contribution in [0, 0.1) is 5.41 Å². The third kappa shape index (κ3) is 7.08. The molecule has 0 aromatic heterocycles. The van der Waals surface area contributed by atoms with Crippen molar-refractivity contribution in [2.45, 2.75) is 71.3 Å². The molecule has 2 atom stereocenters. The summed E-state index contributed by atoms with van der Waals surface area (Å²) in [4.78, 5) is 13.0. The lowest BCUT2D eigenvalue weighted by Crippen LogP contribution is -2.45. The van der Waals surface area contributed by atoms with Gasteiger partial charge in [-0.2, -0.15) is 0 Å². The van der Waals surface area contributed by atoms with Crippen molar-refractivity contribution in [3.8, 4) is 0 Å². The second-order valence-corrected chi connectivity index (χ2v) is 7.97. The zero-order valence-electron chi connectivity index (χ0n) is 17.2. The van der Waals surface area contributed by atoms with Crippen molar-refractivity contribution in [2.75, 3.05) is 6.61 Å². The predicted octanol–water partition coefficient (Wildman–Crippen LogP) is 5.48. The van der Waals surface area contributed by atoms with Crippen LogP contribution in [0.25, 0.3) is 0 Å². The Labute approximate surface area is 164 Å². The molecule has 0 fully saturated rings. The molecule has 2 N–H and O–H groups in total. The third-order valence-corrected chi connectivity index (χ3v) is 5.53. The molecule has 0 heterocycles. The van der Waals surface area contributed by atoms with Gasteiger partial charge in [0.25, 0.3) is 0 Å². The molecule has 27 heavy (non-hydrogen) atoms. The molecule has 1 rings (SSSR count). The Morgan fingerprint density at radius 3 is 2.30 bits per heavy atom. The zero-order chi connectivity index (χ0) is 20.3. The quantitative estimate of drug-likeness (QED) is 0.274. The van der Waals surface area contributed by atoms with E-state index in [1.807, 2.05) is 44.2 Å². The smallest absolute Gasteiger partial charge is 0.163 e. The van der Waals surface area contributed by atoms with Crippen molar-refractivity contribution >= 4 is 5.78 Å². The lowest BCUT2D eigenvalue weighted by atomic mass is 9.63. The molecule has 0 aliphatic rings. The fourth-order valence-electron chi connectivity index (χ4n) is 3.48. The molecule has 0 aliphatic carbocycles. The van der Waals surface area contributed by atoms with Gasteiger partial charge in [0, 0.05) is 24.0 Å². The molecule has 1 aromatic carbocycles. The van der Waals surface area contributed by atoms with E-state index < -0.39 is 11.0 Å². The Balaban J connectivity index is 3.13. The van der Waals surface area contributed by atoms with Crippen molar-refractivity contribution < 1.29 is 15.0 Å². The third-order valence-electron chi connectivity index (χ3n) is 5.53. The summed E-state index contributed by atoms with van der Waals surface area (Å²) in [5, 5.41) is 20.2. The first-order valence-corrected chi connectivity index (χ1v) is 9.96. The van der Waals surface area contributed by atoms with Crippen LogP contribution in [0.3, 0.4) is 0 Å². The summed E-state index contributed by atoms with van der Waals surface area (Å²) in [6.45, 7) is 9.90. The van der Waals surface area contributed by atoms with Crippen molar-refractivity contribution in [3.05, 3.63) is 60.2 Å². The average Bonchev–Trinajstić information content (AvgIpc) is 2.66. The van der Waals surface area contributed by atoms with E-state index in [4.69, 9.17) is 5.11 Å². The number of hydrogen-bond acceptors (Lipinski definition) is 3. The van der Waals surface area contributed by atoms with Crippen molar-refractivity contribution in [2.24, 2.45) is 5.41 Å². The Bertz CT molecular complexity index is 612. The number of ketones is 1. The van der Waals surface area contributed by atoms with Gasteiger partial charge in [0.15, 0.2) is 5.78 Å². The number of carbonyl (C=O) groups is 1. The number of aliphatic hydroxyl groups excluding tert-OH is 1. The SMILES string of the molecule is C=CC(C)(O)C(CC=C(C)C)(CCCCCCO)CC(=O)c1ccccc1. The molecule has 1 aromatic rings. The molecular weight excluding hydrogens is 336 g/mol. The van der Waals surface area contributed by atoms with Crippen molar-refractivity contribution in [1.82, 2.24) is 0 Å². The van der Waals surface area contributed by atoms with Crippen LogP contribution >= 0.6 is 0 Å². The maximum absolute atomic E-state index is 13.0. The van der Waals surface area contributed by atoms with E-state index in [2.05, 4.69) is 12.7 Å². The topological polar surface area (TPSA) is 57.5 Å². The van der Waals surface area contributed by atoms with E-state index in [1.54, 1.807) is 13.0 Å². The van der Waals surface area contributed by atoms with Crippen LogP contribution in [0.1, 0.15) is 76.1 Å². The largest absolute Gasteiger partial charge is 0.396 e. The molecule has 0 bridgehead atoms. The number of aliphatic hydroxyl groups is 2. The Kier molecular flexibility index (Phi) is 9.68. The summed E-state index contributed by atoms with van der Waals surface area (Å²) >= 11 is 0. The first-order chi connectivity index (χ1) is 12.8. The molecule has 3 nitrogen and oxygen atoms in total. The summed E-state index contributed by atoms with van der Waals surface area (Å²) in [5.41, 5.74) is 0.101. The molecule has 2 unspecified atom stereocenters. The van der Waals surface area contributed by atoms with E-state index >= 15 is 0 Å². The number of carbonyl (C=O) groups excluding carboxylic acids is 1. The van der Waals surface area contributed by atoms with Crippen LogP contribution in [0.4, 0.5) is 0 Å². The maximum atomic E-state index is 13.0. The summed E-state index contributed by atoms with van der Waals surface area (Å²) in [6.07, 6.45) is 8.97. The molecule has 0 aliphatic heterocycles. The molecule has 0 amide bonds. The fraction of sp³-hybridized carbons (Fsp3) is 0.542. The molecular formula is C24H36O3. The van der Waals surface area contributed by atoms with Crippen LogP contribution in [0.2, 0.25) is 0 Å². The molecule has 0 saturated carbocycles. The second-order valence-electron chi connectivity index (χ2n) is 7.97. The summed E-state index contributed by atoms with van der Waals surface area (Å²) < 4.78 is 0. The van der Waals surface area contributed by atoms with Crippen molar-refractivity contribution in [3.63, 3.8) is 0 Å². The lowest BCUT2D eigenvalue weighted by molar-refractivity contribution is -0.0378. The Morgan fingerprint density at radius 2 is 1.74 bits per heavy atom. The van der Waals surface area contributed by atoms with E-state index in [0.717, 1.165) is 32.1 Å². The van der Waals surface area contributed by atoms with Gasteiger partial charge in [-0.1, -0.05) is 67.3 Å². The van der Waals surface area contributed by atoms with Gasteiger partial charge < -0.3 is 10.2 Å². The standard InChI is InChI=1S/C24H36O3/c1-5-23(4,27)24(17-15-20(2)3,16-11-6-7-12-18-25)19-22(26)21-13-9-8-10-14-21/h5,8-10,13-15,25,27H,1,6-7,11-12,16-19H2,2-4H3. The minimum atomic E-state index is -1.15. The first kappa shape index (κ1) is 23.3. The second kappa shape index (κ2) is 11.2. The first-order valence-electron chi connectivity index (χ1n) is 9.96. The van der Waals surface area contributed by atoms with Crippen LogP contribution in [0.5, 0.6) is 0 Å². The molecule has 0 radical (unpaired) electrons. The monoisotopic (exact) mass is 372 g/mol. The number of allylic oxidation sites excluding steroid dienone is 2. The van der Waals surface area contributed by atoms with Crippen LogP contribution in [-0.4, -0.2) is 28.2 Å². The van der Waals surface area contributed by atoms with Crippen LogP contribution in [-0.2, 0) is 0 Å². The maximum Gasteiger partial charge on any atom is 0.163 e. The van der Waals surface area contributed by atoms with Gasteiger partial charge in [-0.3, -0.25) is 4.79 Å². The molecule has 0 spiro atoms. The normalized spacial score (nSPS) is 15.4. The van der Waals surface area contributed by atoms with Crippen LogP contribution < -0.4 is 0 Å². The number of unbranched alkanes of at least 4 members (excludes halogenated alkanes) is 3. The summed E-state index contributed by atoms with van der Waals surface area (Å²) in [7, 11) is 0. The zero-order valence-corrected chi connectivity index (χ0v) is 17.2. The van der Waals surface area contributed by atoms with Gasteiger partial charge in [-0.15, -0.1) is 6.58 Å². The minimum Gasteiger partial charge on any atom is -0.396 e. The van der Waals surface area contributed by atoms with E-state index in [9.17, 15) is 9.90 Å². The van der Waals surface area contributed by atoms with Crippen LogP contribution in [0.15, 0.2) is 54.6 Å². The number of rotatable bonds is 13. The molecule has 150 valence electrons. The van der Waals surface area contributed by atoms with E-state index in [0.29, 0.717) is 12.0 Å². The predicted molar refractivity (Wildman–Crippen MR) is 113 cm³/mol. The van der Waals surface area contributed by atoms with Gasteiger partial charge in [0.2, 0.25) is 0 Å². The number of hydrogen-bond donors (Lipinski definition) is 2. The molecule has 3 heteroatoms. The number of Topliss-reactive ketones (excluding diaryl/α,β-unsaturated/α-hetero) is 1. The Hall–Kier alpha value is -1.71. The van der Waals surface area contributed by atoms with Crippen molar-refractivity contribution in [1.29, 1.82) is 0 Å². The van der Waals surface area contributed by atoms with Gasteiger partial charge in [0.1, 0.15) is 0 Å². The highest BCUT2D eigenvalue weighted by Gasteiger charge is 2.45. The van der Waals surface area contributed by atoms with E-state index in [-0.39, 0.29) is 18.8 Å². The van der Waals surface area contributed by atoms with E-state index in [1.165, 1.54) is 5.57 Å². The number of benzene rings is 1. The lowest BCUT2D eigenvalue weighted by Gasteiger charge is -2.44. The minimum absolute atomic E-state index is 0.0511. The highest BCUT2D eigenvalue weighted by atomic mass is 16.3. The Morgan fingerprint density at radius 1 is 1.11 bits per heavy atom. The fourth-order valence-corrected chi connectivity index (χ4v) is 3.48. The van der Waals surface area contributed by atoms with Gasteiger partial charge in [0.05, 0.1) is 5.60 Å². The average molecular weight is 373 g/mol. The van der Waals surface area contributed by atoms with Gasteiger partial charge in [-0.05, 0) is 40.0 Å². The highest BCUT2D eigenvalue weighted by molar-refractivity contribution is 5.96. The van der Waals surface area contributed by atoms with Gasteiger partial charge >= 0.3 is 0 Å².